The van der Waals surface area contributed by atoms with Gasteiger partial charge in [0.1, 0.15) is 5.75 Å². The third kappa shape index (κ3) is 3.94. The molecule has 0 saturated carbocycles. The van der Waals surface area contributed by atoms with Crippen LogP contribution in [-0.2, 0) is 0 Å². The monoisotopic (exact) mass is 464 g/mol. The van der Waals surface area contributed by atoms with Crippen LogP contribution in [0.3, 0.4) is 0 Å². The molecule has 0 aliphatic carbocycles. The van der Waals surface area contributed by atoms with Gasteiger partial charge in [0.15, 0.2) is 4.34 Å². The van der Waals surface area contributed by atoms with E-state index in [-0.39, 0.29) is 5.56 Å². The van der Waals surface area contributed by atoms with Crippen molar-refractivity contribution in [3.63, 3.8) is 0 Å². The molecule has 4 nitrogen and oxygen atoms in total. The number of fused-ring (bicyclic) bond motifs is 2. The Morgan fingerprint density at radius 3 is 2.74 bits per heavy atom. The number of hydrogen-bond acceptors (Lipinski definition) is 5. The van der Waals surface area contributed by atoms with Gasteiger partial charge in [-0.1, -0.05) is 59.8 Å². The van der Waals surface area contributed by atoms with E-state index in [2.05, 4.69) is 4.98 Å². The van der Waals surface area contributed by atoms with Gasteiger partial charge in [-0.25, -0.2) is 4.98 Å². The maximum Gasteiger partial charge on any atom is 0.263 e. The van der Waals surface area contributed by atoms with Gasteiger partial charge in [-0.15, -0.1) is 11.3 Å². The molecule has 0 radical (unpaired) electrons. The fourth-order valence-corrected chi connectivity index (χ4v) is 5.89. The lowest BCUT2D eigenvalue weighted by atomic mass is 10.0. The van der Waals surface area contributed by atoms with Crippen molar-refractivity contribution in [1.29, 1.82) is 0 Å². The number of rotatable bonds is 5. The molecule has 0 bridgehead atoms. The van der Waals surface area contributed by atoms with E-state index in [0.717, 1.165) is 36.8 Å². The number of ether oxygens (including phenoxy) is 1. The number of nitrogens with zero attached hydrogens (tertiary/aromatic N) is 1. The van der Waals surface area contributed by atoms with Crippen LogP contribution in [0.15, 0.2) is 80.8 Å². The van der Waals surface area contributed by atoms with Crippen LogP contribution >= 0.6 is 34.7 Å². The predicted molar refractivity (Wildman–Crippen MR) is 130 cm³/mol. The molecule has 3 aromatic carbocycles. The highest BCUT2D eigenvalue weighted by molar-refractivity contribution is 8.01. The Labute approximate surface area is 191 Å². The van der Waals surface area contributed by atoms with Crippen LogP contribution in [0.25, 0.3) is 32.2 Å². The lowest BCUT2D eigenvalue weighted by Crippen LogP contribution is -2.10. The van der Waals surface area contributed by atoms with Gasteiger partial charge < -0.3 is 9.72 Å². The van der Waals surface area contributed by atoms with Gasteiger partial charge in [-0.3, -0.25) is 4.79 Å². The van der Waals surface area contributed by atoms with E-state index < -0.39 is 0 Å². The Morgan fingerprint density at radius 1 is 1.10 bits per heavy atom. The second-order valence-corrected chi connectivity index (χ2v) is 9.58. The van der Waals surface area contributed by atoms with Gasteiger partial charge >= 0.3 is 0 Å². The third-order valence-corrected chi connectivity index (χ3v) is 7.24. The maximum absolute atomic E-state index is 13.1. The molecule has 0 spiro atoms. The Balaban J connectivity index is 1.67. The van der Waals surface area contributed by atoms with Crippen molar-refractivity contribution >= 4 is 55.8 Å². The molecular formula is C24H17ClN2O2S2. The van der Waals surface area contributed by atoms with Gasteiger partial charge in [0.25, 0.3) is 5.56 Å². The summed E-state index contributed by atoms with van der Waals surface area (Å²) >= 11 is 9.11. The average Bonchev–Trinajstić information content (AvgIpc) is 3.17. The molecule has 31 heavy (non-hydrogen) atoms. The number of halogens is 1. The predicted octanol–water partition coefficient (Wildman–Crippen LogP) is 7.01. The highest BCUT2D eigenvalue weighted by Gasteiger charge is 2.18. The van der Waals surface area contributed by atoms with E-state index in [1.807, 2.05) is 67.6 Å². The lowest BCUT2D eigenvalue weighted by Gasteiger charge is -2.12. The quantitative estimate of drug-likeness (QED) is 0.304. The summed E-state index contributed by atoms with van der Waals surface area (Å²) in [7, 11) is 0. The van der Waals surface area contributed by atoms with Gasteiger partial charge in [0.2, 0.25) is 0 Å². The SMILES string of the molecule is CCOc1ccc2nc(Sc3c(-c4ccccc4)c4ccc(Cl)cc4[nH]c3=O)sc2c1. The van der Waals surface area contributed by atoms with Crippen molar-refractivity contribution in [3.05, 3.63) is 82.1 Å². The topological polar surface area (TPSA) is 55.0 Å². The molecule has 0 saturated heterocycles. The Bertz CT molecular complexity index is 1460. The van der Waals surface area contributed by atoms with Gasteiger partial charge in [-0.2, -0.15) is 0 Å². The summed E-state index contributed by atoms with van der Waals surface area (Å²) in [6, 6.07) is 21.4. The number of hydrogen-bond donors (Lipinski definition) is 1. The molecule has 2 aromatic heterocycles. The molecule has 0 aliphatic heterocycles. The molecule has 0 fully saturated rings. The van der Waals surface area contributed by atoms with E-state index in [9.17, 15) is 4.79 Å². The minimum absolute atomic E-state index is 0.159. The Morgan fingerprint density at radius 2 is 1.94 bits per heavy atom. The van der Waals surface area contributed by atoms with Crippen LogP contribution in [0.5, 0.6) is 5.75 Å². The summed E-state index contributed by atoms with van der Waals surface area (Å²) in [5.74, 6) is 0.820. The van der Waals surface area contributed by atoms with Crippen LogP contribution in [0.4, 0.5) is 0 Å². The number of thiazole rings is 1. The van der Waals surface area contributed by atoms with Gasteiger partial charge in [0, 0.05) is 16.0 Å². The molecule has 0 atom stereocenters. The van der Waals surface area contributed by atoms with Crippen molar-refractivity contribution in [3.8, 4) is 16.9 Å². The third-order valence-electron chi connectivity index (χ3n) is 4.84. The number of aromatic amines is 1. The van der Waals surface area contributed by atoms with E-state index >= 15 is 0 Å². The molecule has 5 rings (SSSR count). The highest BCUT2D eigenvalue weighted by Crippen LogP contribution is 2.41. The first-order chi connectivity index (χ1) is 15.1. The van der Waals surface area contributed by atoms with Crippen LogP contribution < -0.4 is 10.3 Å². The lowest BCUT2D eigenvalue weighted by molar-refractivity contribution is 0.341. The van der Waals surface area contributed by atoms with Crippen molar-refractivity contribution in [1.82, 2.24) is 9.97 Å². The molecule has 2 heterocycles. The Hall–Kier alpha value is -2.80. The molecule has 154 valence electrons. The van der Waals surface area contributed by atoms with Crippen molar-refractivity contribution in [2.75, 3.05) is 6.61 Å². The Kier molecular flexibility index (Phi) is 5.44. The first-order valence-corrected chi connectivity index (χ1v) is 11.8. The standard InChI is InChI=1S/C24H17ClN2O2S2/c1-2-29-16-9-11-18-20(13-16)30-24(27-18)31-22-21(14-6-4-3-5-7-14)17-10-8-15(25)12-19(17)26-23(22)28/h3-13H,2H2,1H3,(H,26,28). The fourth-order valence-electron chi connectivity index (χ4n) is 3.51. The van der Waals surface area contributed by atoms with Crippen LogP contribution in [0, 0.1) is 0 Å². The zero-order valence-corrected chi connectivity index (χ0v) is 18.9. The van der Waals surface area contributed by atoms with Crippen molar-refractivity contribution in [2.45, 2.75) is 16.2 Å². The van der Waals surface area contributed by atoms with E-state index in [0.29, 0.717) is 22.0 Å². The minimum atomic E-state index is -0.159. The largest absolute Gasteiger partial charge is 0.494 e. The average molecular weight is 465 g/mol. The molecule has 0 amide bonds. The summed E-state index contributed by atoms with van der Waals surface area (Å²) in [4.78, 5) is 21.5. The smallest absolute Gasteiger partial charge is 0.263 e. The first kappa shape index (κ1) is 20.1. The number of H-pyrrole nitrogens is 1. The highest BCUT2D eigenvalue weighted by atomic mass is 35.5. The molecule has 0 unspecified atom stereocenters. The second-order valence-electron chi connectivity index (χ2n) is 6.86. The zero-order chi connectivity index (χ0) is 21.4. The van der Waals surface area contributed by atoms with Crippen LogP contribution in [-0.4, -0.2) is 16.6 Å². The summed E-state index contributed by atoms with van der Waals surface area (Å²) < 4.78 is 7.43. The van der Waals surface area contributed by atoms with E-state index in [1.54, 1.807) is 17.4 Å². The number of aromatic nitrogens is 2. The summed E-state index contributed by atoms with van der Waals surface area (Å²) in [6.45, 7) is 2.57. The summed E-state index contributed by atoms with van der Waals surface area (Å²) in [6.07, 6.45) is 0. The number of pyridine rings is 1. The molecule has 0 aliphatic rings. The summed E-state index contributed by atoms with van der Waals surface area (Å²) in [5, 5.41) is 1.52. The number of nitrogens with one attached hydrogen (secondary N) is 1. The minimum Gasteiger partial charge on any atom is -0.494 e. The zero-order valence-electron chi connectivity index (χ0n) is 16.5. The van der Waals surface area contributed by atoms with Crippen molar-refractivity contribution in [2.24, 2.45) is 0 Å². The van der Waals surface area contributed by atoms with Crippen LogP contribution in [0.1, 0.15) is 6.92 Å². The first-order valence-electron chi connectivity index (χ1n) is 9.74. The maximum atomic E-state index is 13.1. The summed E-state index contributed by atoms with van der Waals surface area (Å²) in [5.41, 5.74) is 3.30. The molecule has 7 heteroatoms. The van der Waals surface area contributed by atoms with Gasteiger partial charge in [-0.05, 0) is 42.8 Å². The van der Waals surface area contributed by atoms with E-state index in [1.165, 1.54) is 11.8 Å². The van der Waals surface area contributed by atoms with Crippen molar-refractivity contribution < 1.29 is 4.74 Å². The molecule has 1 N–H and O–H groups in total. The van der Waals surface area contributed by atoms with E-state index in [4.69, 9.17) is 21.3 Å². The van der Waals surface area contributed by atoms with Crippen LogP contribution in [0.2, 0.25) is 5.02 Å². The fraction of sp³-hybridized carbons (Fsp3) is 0.0833. The number of benzene rings is 3. The molecular weight excluding hydrogens is 448 g/mol. The normalized spacial score (nSPS) is 11.3. The van der Waals surface area contributed by atoms with Gasteiger partial charge in [0.05, 0.1) is 27.2 Å². The molecule has 5 aromatic rings. The second kappa shape index (κ2) is 8.38.